The number of hydrogen-bond acceptors (Lipinski definition) is 4. The molecule has 26 heavy (non-hydrogen) atoms. The number of aryl methyl sites for hydroxylation is 1. The van der Waals surface area contributed by atoms with Gasteiger partial charge in [0.2, 0.25) is 0 Å². The number of nitrogens with one attached hydrogen (secondary N) is 2. The highest BCUT2D eigenvalue weighted by atomic mass is 16.3. The second-order valence-corrected chi connectivity index (χ2v) is 6.52. The van der Waals surface area contributed by atoms with Gasteiger partial charge in [-0.3, -0.25) is 9.78 Å². The zero-order chi connectivity index (χ0) is 17.8. The molecule has 5 heteroatoms. The predicted molar refractivity (Wildman–Crippen MR) is 99.9 cm³/mol. The lowest BCUT2D eigenvalue weighted by atomic mass is 9.93. The van der Waals surface area contributed by atoms with Gasteiger partial charge in [0.25, 0.3) is 5.91 Å². The van der Waals surface area contributed by atoms with E-state index in [9.17, 15) is 4.79 Å². The number of aromatic nitrogens is 1. The van der Waals surface area contributed by atoms with Gasteiger partial charge in [0, 0.05) is 48.2 Å². The van der Waals surface area contributed by atoms with E-state index in [0.29, 0.717) is 11.6 Å². The number of nitrogens with zero attached hydrogens (tertiary/aromatic N) is 1. The Morgan fingerprint density at radius 3 is 2.96 bits per heavy atom. The van der Waals surface area contributed by atoms with Crippen LogP contribution in [0.1, 0.15) is 46.1 Å². The summed E-state index contributed by atoms with van der Waals surface area (Å²) < 4.78 is 5.55. The van der Waals surface area contributed by atoms with Gasteiger partial charge in [0.05, 0.1) is 6.26 Å². The molecule has 1 amide bonds. The Hall–Kier alpha value is -2.92. The summed E-state index contributed by atoms with van der Waals surface area (Å²) in [4.78, 5) is 16.2. The summed E-state index contributed by atoms with van der Waals surface area (Å²) in [5.41, 5.74) is 3.79. The first kappa shape index (κ1) is 16.5. The van der Waals surface area contributed by atoms with E-state index in [1.54, 1.807) is 30.8 Å². The van der Waals surface area contributed by atoms with Crippen molar-refractivity contribution in [1.29, 1.82) is 0 Å². The summed E-state index contributed by atoms with van der Waals surface area (Å²) in [5.74, 6) is 0.972. The molecule has 1 atom stereocenters. The Kier molecular flexibility index (Phi) is 4.80. The van der Waals surface area contributed by atoms with Crippen molar-refractivity contribution in [2.45, 2.75) is 31.8 Å². The van der Waals surface area contributed by atoms with Crippen LogP contribution in [0, 0.1) is 0 Å². The third-order valence-electron chi connectivity index (χ3n) is 4.73. The topological polar surface area (TPSA) is 67.2 Å². The molecule has 1 aliphatic rings. The van der Waals surface area contributed by atoms with E-state index in [0.717, 1.165) is 42.8 Å². The second kappa shape index (κ2) is 7.54. The van der Waals surface area contributed by atoms with Crippen molar-refractivity contribution >= 4 is 11.6 Å². The van der Waals surface area contributed by atoms with Crippen LogP contribution in [0.25, 0.3) is 0 Å². The zero-order valence-corrected chi connectivity index (χ0v) is 14.4. The molecule has 5 nitrogen and oxygen atoms in total. The molecule has 0 fully saturated rings. The number of anilines is 1. The molecule has 1 aromatic carbocycles. The Morgan fingerprint density at radius 1 is 1.19 bits per heavy atom. The first-order chi connectivity index (χ1) is 12.8. The normalized spacial score (nSPS) is 16.1. The Labute approximate surface area is 152 Å². The molecule has 0 saturated carbocycles. The fourth-order valence-electron chi connectivity index (χ4n) is 3.41. The highest BCUT2D eigenvalue weighted by Gasteiger charge is 2.21. The van der Waals surface area contributed by atoms with E-state index in [1.165, 1.54) is 5.56 Å². The molecule has 4 rings (SSSR count). The number of amides is 1. The summed E-state index contributed by atoms with van der Waals surface area (Å²) in [6, 6.07) is 13.7. The fraction of sp³-hybridized carbons (Fsp3) is 0.238. The van der Waals surface area contributed by atoms with E-state index in [-0.39, 0.29) is 5.91 Å². The van der Waals surface area contributed by atoms with E-state index in [4.69, 9.17) is 4.42 Å². The van der Waals surface area contributed by atoms with Gasteiger partial charge in [-0.1, -0.05) is 12.1 Å². The highest BCUT2D eigenvalue weighted by molar-refractivity contribution is 6.04. The van der Waals surface area contributed by atoms with Crippen LogP contribution in [0.3, 0.4) is 0 Å². The van der Waals surface area contributed by atoms with Gasteiger partial charge in [-0.15, -0.1) is 0 Å². The monoisotopic (exact) mass is 347 g/mol. The minimum Gasteiger partial charge on any atom is -0.469 e. The first-order valence-corrected chi connectivity index (χ1v) is 8.89. The Bertz CT molecular complexity index is 889. The van der Waals surface area contributed by atoms with Gasteiger partial charge in [-0.25, -0.2) is 0 Å². The van der Waals surface area contributed by atoms with Crippen molar-refractivity contribution < 1.29 is 9.21 Å². The van der Waals surface area contributed by atoms with Gasteiger partial charge in [-0.2, -0.15) is 0 Å². The number of rotatable bonds is 5. The van der Waals surface area contributed by atoms with Crippen molar-refractivity contribution in [2.24, 2.45) is 0 Å². The zero-order valence-electron chi connectivity index (χ0n) is 14.4. The largest absolute Gasteiger partial charge is 0.469 e. The summed E-state index contributed by atoms with van der Waals surface area (Å²) >= 11 is 0. The molecular formula is C21H21N3O2. The van der Waals surface area contributed by atoms with E-state index in [1.807, 2.05) is 18.2 Å². The van der Waals surface area contributed by atoms with Gasteiger partial charge in [0.1, 0.15) is 5.76 Å². The molecule has 0 bridgehead atoms. The molecule has 132 valence electrons. The molecule has 2 aromatic heterocycles. The summed E-state index contributed by atoms with van der Waals surface area (Å²) in [6.07, 6.45) is 8.29. The minimum atomic E-state index is -0.132. The summed E-state index contributed by atoms with van der Waals surface area (Å²) in [6.45, 7) is 0.744. The quantitative estimate of drug-likeness (QED) is 0.729. The van der Waals surface area contributed by atoms with Gasteiger partial charge < -0.3 is 15.1 Å². The minimum absolute atomic E-state index is 0.132. The van der Waals surface area contributed by atoms with Crippen molar-refractivity contribution in [1.82, 2.24) is 10.3 Å². The van der Waals surface area contributed by atoms with Crippen LogP contribution in [0.5, 0.6) is 0 Å². The Morgan fingerprint density at radius 2 is 2.08 bits per heavy atom. The van der Waals surface area contributed by atoms with Crippen LogP contribution < -0.4 is 10.6 Å². The summed E-state index contributed by atoms with van der Waals surface area (Å²) in [5, 5.41) is 6.55. The third-order valence-corrected chi connectivity index (χ3v) is 4.73. The predicted octanol–water partition coefficient (Wildman–Crippen LogP) is 4.09. The van der Waals surface area contributed by atoms with Crippen molar-refractivity contribution in [3.05, 3.63) is 83.6 Å². The highest BCUT2D eigenvalue weighted by Crippen LogP contribution is 2.30. The first-order valence-electron chi connectivity index (χ1n) is 8.89. The second-order valence-electron chi connectivity index (χ2n) is 6.52. The van der Waals surface area contributed by atoms with Crippen LogP contribution in [0.4, 0.5) is 5.69 Å². The standard InChI is InChI=1S/C21H21N3O2/c25-21(16-7-10-22-11-8-16)24-17-4-1-3-15(13-17)14-23-19-5-2-6-20-18(19)9-12-26-20/h1,3-4,7-13,19,23H,2,5-6,14H2,(H,24,25). The SMILES string of the molecule is O=C(Nc1cccc(CNC2CCCc3occc32)c1)c1ccncc1. The average Bonchev–Trinajstić information content (AvgIpc) is 3.17. The lowest BCUT2D eigenvalue weighted by molar-refractivity contribution is 0.102. The molecule has 1 unspecified atom stereocenters. The molecule has 2 heterocycles. The van der Waals surface area contributed by atoms with Crippen LogP contribution in [-0.2, 0) is 13.0 Å². The number of carbonyl (C=O) groups excluding carboxylic acids is 1. The average molecular weight is 347 g/mol. The van der Waals surface area contributed by atoms with E-state index in [2.05, 4.69) is 27.8 Å². The molecule has 0 spiro atoms. The Balaban J connectivity index is 1.40. The van der Waals surface area contributed by atoms with Crippen molar-refractivity contribution in [2.75, 3.05) is 5.32 Å². The maximum atomic E-state index is 12.3. The number of carbonyl (C=O) groups is 1. The van der Waals surface area contributed by atoms with Crippen LogP contribution >= 0.6 is 0 Å². The summed E-state index contributed by atoms with van der Waals surface area (Å²) in [7, 11) is 0. The molecule has 2 N–H and O–H groups in total. The van der Waals surface area contributed by atoms with Crippen LogP contribution in [0.15, 0.2) is 65.5 Å². The lowest BCUT2D eigenvalue weighted by Crippen LogP contribution is -2.24. The number of hydrogen-bond donors (Lipinski definition) is 2. The number of benzene rings is 1. The van der Waals surface area contributed by atoms with Crippen molar-refractivity contribution in [3.8, 4) is 0 Å². The maximum Gasteiger partial charge on any atom is 0.255 e. The van der Waals surface area contributed by atoms with E-state index < -0.39 is 0 Å². The number of furan rings is 1. The molecule has 0 aliphatic heterocycles. The van der Waals surface area contributed by atoms with Gasteiger partial charge >= 0.3 is 0 Å². The smallest absolute Gasteiger partial charge is 0.255 e. The fourth-order valence-corrected chi connectivity index (χ4v) is 3.41. The van der Waals surface area contributed by atoms with Crippen LogP contribution in [0.2, 0.25) is 0 Å². The third kappa shape index (κ3) is 3.68. The molecule has 1 aliphatic carbocycles. The molecule has 0 saturated heterocycles. The lowest BCUT2D eigenvalue weighted by Gasteiger charge is -2.23. The maximum absolute atomic E-state index is 12.3. The molecular weight excluding hydrogens is 326 g/mol. The molecule has 3 aromatic rings. The van der Waals surface area contributed by atoms with Crippen LogP contribution in [-0.4, -0.2) is 10.9 Å². The van der Waals surface area contributed by atoms with Crippen molar-refractivity contribution in [3.63, 3.8) is 0 Å². The molecule has 0 radical (unpaired) electrons. The number of fused-ring (bicyclic) bond motifs is 1. The number of pyridine rings is 1. The van der Waals surface area contributed by atoms with E-state index >= 15 is 0 Å². The van der Waals surface area contributed by atoms with Gasteiger partial charge in [-0.05, 0) is 48.7 Å². The van der Waals surface area contributed by atoms with Gasteiger partial charge in [0.15, 0.2) is 0 Å².